The van der Waals surface area contributed by atoms with Crippen LogP contribution in [0, 0.1) is 0 Å². The molecule has 0 bridgehead atoms. The molecule has 0 amide bonds. The van der Waals surface area contributed by atoms with Crippen LogP contribution in [-0.2, 0) is 5.88 Å². The Bertz CT molecular complexity index is 352. The van der Waals surface area contributed by atoms with Crippen LogP contribution >= 0.6 is 11.6 Å². The van der Waals surface area contributed by atoms with Crippen LogP contribution in [0.1, 0.15) is 12.5 Å². The second-order valence-corrected chi connectivity index (χ2v) is 3.13. The first-order chi connectivity index (χ1) is 7.48. The Labute approximate surface area is 95.9 Å². The fraction of sp³-hybridized carbons (Fsp3) is 0.400. The van der Waals surface area contributed by atoms with E-state index in [9.17, 15) is 13.2 Å². The maximum Gasteiger partial charge on any atom is 0.573 e. The quantitative estimate of drug-likeness (QED) is 0.763. The van der Waals surface area contributed by atoms with Gasteiger partial charge >= 0.3 is 6.36 Å². The fourth-order valence-electron chi connectivity index (χ4n) is 1.18. The number of ether oxygens (including phenoxy) is 2. The molecule has 0 unspecified atom stereocenters. The fourth-order valence-corrected chi connectivity index (χ4v) is 1.39. The molecule has 0 fully saturated rings. The van der Waals surface area contributed by atoms with E-state index in [1.807, 2.05) is 0 Å². The van der Waals surface area contributed by atoms with E-state index in [0.29, 0.717) is 5.56 Å². The lowest BCUT2D eigenvalue weighted by atomic mass is 10.2. The lowest BCUT2D eigenvalue weighted by molar-refractivity contribution is -0.275. The van der Waals surface area contributed by atoms with Crippen LogP contribution in [0.2, 0.25) is 0 Å². The summed E-state index contributed by atoms with van der Waals surface area (Å²) in [5.41, 5.74) is 0.463. The van der Waals surface area contributed by atoms with Crippen molar-refractivity contribution in [1.82, 2.24) is 0 Å². The molecule has 0 aromatic heterocycles. The van der Waals surface area contributed by atoms with E-state index in [1.165, 1.54) is 12.1 Å². The van der Waals surface area contributed by atoms with E-state index in [0.717, 1.165) is 0 Å². The lowest BCUT2D eigenvalue weighted by Gasteiger charge is -2.15. The molecule has 1 rings (SSSR count). The molecule has 90 valence electrons. The minimum Gasteiger partial charge on any atom is -0.490 e. The van der Waals surface area contributed by atoms with Crippen LogP contribution in [0.5, 0.6) is 11.5 Å². The lowest BCUT2D eigenvalue weighted by Crippen LogP contribution is -2.18. The van der Waals surface area contributed by atoms with Gasteiger partial charge in [-0.05, 0) is 13.0 Å². The Morgan fingerprint density at radius 3 is 2.50 bits per heavy atom. The Morgan fingerprint density at radius 1 is 1.31 bits per heavy atom. The molecule has 16 heavy (non-hydrogen) atoms. The Kier molecular flexibility index (Phi) is 4.29. The van der Waals surface area contributed by atoms with Crippen LogP contribution in [0.4, 0.5) is 13.2 Å². The molecule has 0 N–H and O–H groups in total. The second kappa shape index (κ2) is 5.30. The molecule has 0 radical (unpaired) electrons. The van der Waals surface area contributed by atoms with Crippen molar-refractivity contribution in [2.75, 3.05) is 6.61 Å². The average Bonchev–Trinajstić information content (AvgIpc) is 2.18. The van der Waals surface area contributed by atoms with Crippen molar-refractivity contribution in [2.24, 2.45) is 0 Å². The van der Waals surface area contributed by atoms with Gasteiger partial charge in [-0.25, -0.2) is 0 Å². The van der Waals surface area contributed by atoms with Crippen molar-refractivity contribution >= 4 is 11.6 Å². The van der Waals surface area contributed by atoms with Crippen LogP contribution < -0.4 is 9.47 Å². The minimum atomic E-state index is -4.74. The van der Waals surface area contributed by atoms with Gasteiger partial charge in [0.25, 0.3) is 0 Å². The smallest absolute Gasteiger partial charge is 0.490 e. The molecule has 0 heterocycles. The van der Waals surface area contributed by atoms with Crippen molar-refractivity contribution in [3.63, 3.8) is 0 Å². The summed E-state index contributed by atoms with van der Waals surface area (Å²) in [7, 11) is 0. The third-order valence-corrected chi connectivity index (χ3v) is 2.01. The number of hydrogen-bond donors (Lipinski definition) is 0. The zero-order chi connectivity index (χ0) is 12.2. The van der Waals surface area contributed by atoms with Gasteiger partial charge in [-0.2, -0.15) is 0 Å². The van der Waals surface area contributed by atoms with Gasteiger partial charge < -0.3 is 9.47 Å². The Morgan fingerprint density at radius 2 is 2.00 bits per heavy atom. The summed E-state index contributed by atoms with van der Waals surface area (Å²) in [6, 6.07) is 4.21. The van der Waals surface area contributed by atoms with Crippen molar-refractivity contribution in [3.05, 3.63) is 23.8 Å². The van der Waals surface area contributed by atoms with Crippen molar-refractivity contribution in [1.29, 1.82) is 0 Å². The minimum absolute atomic E-state index is 0.0392. The number of rotatable bonds is 4. The maximum atomic E-state index is 12.1. The summed E-state index contributed by atoms with van der Waals surface area (Å²) in [6.07, 6.45) is -4.74. The van der Waals surface area contributed by atoms with Crippen molar-refractivity contribution in [2.45, 2.75) is 19.2 Å². The van der Waals surface area contributed by atoms with E-state index in [4.69, 9.17) is 16.3 Å². The molecule has 6 heteroatoms. The topological polar surface area (TPSA) is 18.5 Å². The third-order valence-electron chi connectivity index (χ3n) is 1.72. The predicted molar refractivity (Wildman–Crippen MR) is 53.9 cm³/mol. The van der Waals surface area contributed by atoms with Gasteiger partial charge in [-0.1, -0.05) is 12.1 Å². The molecule has 0 saturated heterocycles. The number of para-hydroxylation sites is 1. The highest BCUT2D eigenvalue weighted by atomic mass is 35.5. The molecule has 1 aromatic carbocycles. The summed E-state index contributed by atoms with van der Waals surface area (Å²) in [6.45, 7) is 1.91. The molecule has 0 aliphatic heterocycles. The molecule has 0 aliphatic rings. The maximum absolute atomic E-state index is 12.1. The molecule has 0 atom stereocenters. The molecule has 2 nitrogen and oxygen atoms in total. The summed E-state index contributed by atoms with van der Waals surface area (Å²) >= 11 is 5.59. The first-order valence-corrected chi connectivity index (χ1v) is 5.07. The van der Waals surface area contributed by atoms with E-state index in [2.05, 4.69) is 4.74 Å². The molecule has 0 aliphatic carbocycles. The van der Waals surface area contributed by atoms with Crippen molar-refractivity contribution < 1.29 is 22.6 Å². The van der Waals surface area contributed by atoms with Gasteiger partial charge in [-0.15, -0.1) is 24.8 Å². The highest BCUT2D eigenvalue weighted by Crippen LogP contribution is 2.35. The second-order valence-electron chi connectivity index (χ2n) is 2.86. The highest BCUT2D eigenvalue weighted by molar-refractivity contribution is 6.17. The summed E-state index contributed by atoms with van der Waals surface area (Å²) in [5.74, 6) is -0.269. The average molecular weight is 255 g/mol. The predicted octanol–water partition coefficient (Wildman–Crippen LogP) is 3.72. The standard InChI is InChI=1S/C10H10ClF3O2/c1-2-15-9-7(6-11)4-3-5-8(9)16-10(12,13)14/h3-5H,2,6H2,1H3. The van der Waals surface area contributed by atoms with Crippen molar-refractivity contribution in [3.8, 4) is 11.5 Å². The summed E-state index contributed by atoms with van der Waals surface area (Å²) in [4.78, 5) is 0. The summed E-state index contributed by atoms with van der Waals surface area (Å²) in [5, 5.41) is 0. The highest BCUT2D eigenvalue weighted by Gasteiger charge is 2.32. The Hall–Kier alpha value is -1.10. The van der Waals surface area contributed by atoms with Gasteiger partial charge in [0.2, 0.25) is 0 Å². The first kappa shape index (κ1) is 13.0. The van der Waals surface area contributed by atoms with Gasteiger partial charge in [-0.3, -0.25) is 0 Å². The molecule has 1 aromatic rings. The van der Waals surface area contributed by atoms with Crippen LogP contribution in [0.25, 0.3) is 0 Å². The molecule has 0 spiro atoms. The van der Waals surface area contributed by atoms with Gasteiger partial charge in [0.1, 0.15) is 0 Å². The zero-order valence-corrected chi connectivity index (χ0v) is 9.23. The Balaban J connectivity index is 3.06. The van der Waals surface area contributed by atoms with E-state index < -0.39 is 6.36 Å². The summed E-state index contributed by atoms with van der Waals surface area (Å²) < 4.78 is 45.2. The number of hydrogen-bond acceptors (Lipinski definition) is 2. The van der Waals surface area contributed by atoms with E-state index in [-0.39, 0.29) is 24.0 Å². The molecular formula is C10H10ClF3O2. The van der Waals surface area contributed by atoms with Crippen LogP contribution in [0.15, 0.2) is 18.2 Å². The van der Waals surface area contributed by atoms with Gasteiger partial charge in [0.05, 0.1) is 12.5 Å². The number of halogens is 4. The number of benzene rings is 1. The van der Waals surface area contributed by atoms with E-state index >= 15 is 0 Å². The zero-order valence-electron chi connectivity index (χ0n) is 8.47. The molecule has 0 saturated carbocycles. The SMILES string of the molecule is CCOc1c(CCl)cccc1OC(F)(F)F. The van der Waals surface area contributed by atoms with Crippen LogP contribution in [-0.4, -0.2) is 13.0 Å². The number of alkyl halides is 4. The van der Waals surface area contributed by atoms with Crippen LogP contribution in [0.3, 0.4) is 0 Å². The normalized spacial score (nSPS) is 11.3. The largest absolute Gasteiger partial charge is 0.573 e. The molecular weight excluding hydrogens is 245 g/mol. The van der Waals surface area contributed by atoms with Gasteiger partial charge in [0.15, 0.2) is 11.5 Å². The van der Waals surface area contributed by atoms with E-state index in [1.54, 1.807) is 13.0 Å². The monoisotopic (exact) mass is 254 g/mol. The van der Waals surface area contributed by atoms with Gasteiger partial charge in [0, 0.05) is 5.56 Å². The third kappa shape index (κ3) is 3.48. The first-order valence-electron chi connectivity index (χ1n) is 4.54.